The Kier molecular flexibility index (Phi) is 8.27. The standard InChI is InChI=1S/C26H29FN2O2/c1-3-5-6-7-8-9-22-17-29-24(18-28-22)20-11-13-21(14-12-20)26(30)31-25-15-10-19(4-2)16-23(25)27/h10-18H,3-9H2,1-2H3. The SMILES string of the molecule is CCCCCCCc1cnc(-c2ccc(C(=O)Oc3ccc(CC)cc3F)cc2)cn1. The van der Waals surface area contributed by atoms with Gasteiger partial charge in [-0.15, -0.1) is 0 Å². The first-order valence-electron chi connectivity index (χ1n) is 11.0. The third-order valence-corrected chi connectivity index (χ3v) is 5.27. The van der Waals surface area contributed by atoms with Crippen LogP contribution >= 0.6 is 0 Å². The van der Waals surface area contributed by atoms with Gasteiger partial charge in [-0.05, 0) is 49.1 Å². The van der Waals surface area contributed by atoms with Crippen molar-refractivity contribution in [3.8, 4) is 17.0 Å². The van der Waals surface area contributed by atoms with Gasteiger partial charge in [-0.2, -0.15) is 0 Å². The van der Waals surface area contributed by atoms with Crippen molar-refractivity contribution >= 4 is 5.97 Å². The quantitative estimate of drug-likeness (QED) is 0.211. The molecule has 0 aliphatic heterocycles. The number of carbonyl (C=O) groups is 1. The van der Waals surface area contributed by atoms with Crippen LogP contribution in [0.25, 0.3) is 11.3 Å². The van der Waals surface area contributed by atoms with Crippen LogP contribution in [-0.4, -0.2) is 15.9 Å². The molecule has 1 aromatic heterocycles. The van der Waals surface area contributed by atoms with E-state index in [1.165, 1.54) is 37.8 Å². The fraction of sp³-hybridized carbons (Fsp3) is 0.346. The van der Waals surface area contributed by atoms with Crippen LogP contribution in [0.1, 0.15) is 67.6 Å². The third-order valence-electron chi connectivity index (χ3n) is 5.27. The summed E-state index contributed by atoms with van der Waals surface area (Å²) in [6.45, 7) is 4.15. The predicted octanol–water partition coefficient (Wildman–Crippen LogP) is 6.58. The second-order valence-electron chi connectivity index (χ2n) is 7.64. The highest BCUT2D eigenvalue weighted by Gasteiger charge is 2.13. The van der Waals surface area contributed by atoms with Gasteiger partial charge in [0.25, 0.3) is 0 Å². The van der Waals surface area contributed by atoms with Crippen molar-refractivity contribution in [3.05, 3.63) is 77.5 Å². The van der Waals surface area contributed by atoms with Crippen LogP contribution in [0.4, 0.5) is 4.39 Å². The summed E-state index contributed by atoms with van der Waals surface area (Å²) in [5.74, 6) is -1.20. The molecule has 2 aromatic carbocycles. The number of aromatic nitrogens is 2. The number of unbranched alkanes of at least 4 members (excludes halogenated alkanes) is 4. The van der Waals surface area contributed by atoms with Crippen molar-refractivity contribution in [2.45, 2.75) is 58.8 Å². The largest absolute Gasteiger partial charge is 0.420 e. The van der Waals surface area contributed by atoms with E-state index >= 15 is 0 Å². The summed E-state index contributed by atoms with van der Waals surface area (Å²) in [7, 11) is 0. The number of benzene rings is 2. The first-order valence-corrected chi connectivity index (χ1v) is 11.0. The molecule has 3 rings (SSSR count). The van der Waals surface area contributed by atoms with Crippen LogP contribution in [-0.2, 0) is 12.8 Å². The molecule has 0 bridgehead atoms. The van der Waals surface area contributed by atoms with Crippen LogP contribution in [0.5, 0.6) is 5.75 Å². The van der Waals surface area contributed by atoms with Gasteiger partial charge in [-0.1, -0.05) is 57.7 Å². The molecule has 0 aliphatic rings. The lowest BCUT2D eigenvalue weighted by Gasteiger charge is -2.08. The van der Waals surface area contributed by atoms with E-state index in [-0.39, 0.29) is 5.75 Å². The van der Waals surface area contributed by atoms with Gasteiger partial charge < -0.3 is 4.74 Å². The Morgan fingerprint density at radius 1 is 0.935 bits per heavy atom. The first-order chi connectivity index (χ1) is 15.1. The maximum absolute atomic E-state index is 14.1. The molecule has 3 aromatic rings. The maximum atomic E-state index is 14.1. The van der Waals surface area contributed by atoms with Gasteiger partial charge in [0.1, 0.15) is 0 Å². The maximum Gasteiger partial charge on any atom is 0.343 e. The van der Waals surface area contributed by atoms with Crippen LogP contribution in [0, 0.1) is 5.82 Å². The van der Waals surface area contributed by atoms with Gasteiger partial charge >= 0.3 is 5.97 Å². The minimum absolute atomic E-state index is 0.0672. The molecule has 0 amide bonds. The zero-order valence-corrected chi connectivity index (χ0v) is 18.2. The van der Waals surface area contributed by atoms with Gasteiger partial charge in [-0.25, -0.2) is 9.18 Å². The minimum atomic E-state index is -0.598. The lowest BCUT2D eigenvalue weighted by Crippen LogP contribution is -2.09. The number of hydrogen-bond donors (Lipinski definition) is 0. The van der Waals surface area contributed by atoms with Gasteiger partial charge in [0.15, 0.2) is 11.6 Å². The number of ether oxygens (including phenoxy) is 1. The lowest BCUT2D eigenvalue weighted by atomic mass is 10.1. The second-order valence-corrected chi connectivity index (χ2v) is 7.64. The van der Waals surface area contributed by atoms with E-state index in [2.05, 4.69) is 16.9 Å². The monoisotopic (exact) mass is 420 g/mol. The molecule has 31 heavy (non-hydrogen) atoms. The Morgan fingerprint density at radius 3 is 2.35 bits per heavy atom. The molecule has 5 heteroatoms. The Bertz CT molecular complexity index is 985. The average Bonchev–Trinajstić information content (AvgIpc) is 2.80. The van der Waals surface area contributed by atoms with E-state index in [4.69, 9.17) is 4.74 Å². The van der Waals surface area contributed by atoms with E-state index in [0.29, 0.717) is 5.56 Å². The van der Waals surface area contributed by atoms with Gasteiger partial charge in [0.2, 0.25) is 0 Å². The zero-order valence-electron chi connectivity index (χ0n) is 18.2. The highest BCUT2D eigenvalue weighted by molar-refractivity contribution is 5.91. The van der Waals surface area contributed by atoms with Gasteiger partial charge in [0, 0.05) is 11.8 Å². The molecule has 0 unspecified atom stereocenters. The molecular formula is C26H29FN2O2. The third kappa shape index (κ3) is 6.45. The summed E-state index contributed by atoms with van der Waals surface area (Å²) >= 11 is 0. The van der Waals surface area contributed by atoms with Crippen molar-refractivity contribution in [2.75, 3.05) is 0 Å². The van der Waals surface area contributed by atoms with Crippen LogP contribution in [0.3, 0.4) is 0 Å². The van der Waals surface area contributed by atoms with E-state index in [1.807, 2.05) is 13.1 Å². The van der Waals surface area contributed by atoms with Crippen molar-refractivity contribution < 1.29 is 13.9 Å². The molecule has 0 atom stereocenters. The topological polar surface area (TPSA) is 52.1 Å². The number of esters is 1. The molecule has 0 N–H and O–H groups in total. The summed E-state index contributed by atoms with van der Waals surface area (Å²) in [6.07, 6.45) is 11.4. The van der Waals surface area contributed by atoms with Crippen LogP contribution in [0.2, 0.25) is 0 Å². The molecule has 4 nitrogen and oxygen atoms in total. The lowest BCUT2D eigenvalue weighted by molar-refractivity contribution is 0.0728. The first kappa shape index (κ1) is 22.6. The van der Waals surface area contributed by atoms with Crippen LogP contribution < -0.4 is 4.74 Å². The Morgan fingerprint density at radius 2 is 1.71 bits per heavy atom. The minimum Gasteiger partial charge on any atom is -0.420 e. The van der Waals surface area contributed by atoms with Crippen molar-refractivity contribution in [1.82, 2.24) is 9.97 Å². The zero-order chi connectivity index (χ0) is 22.1. The summed E-state index contributed by atoms with van der Waals surface area (Å²) in [5, 5.41) is 0. The van der Waals surface area contributed by atoms with Crippen molar-refractivity contribution in [2.24, 2.45) is 0 Å². The number of halogens is 1. The van der Waals surface area contributed by atoms with E-state index in [9.17, 15) is 9.18 Å². The number of hydrogen-bond acceptors (Lipinski definition) is 4. The molecule has 0 spiro atoms. The molecule has 0 saturated heterocycles. The van der Waals surface area contributed by atoms with E-state index in [1.54, 1.807) is 36.5 Å². The number of aryl methyl sites for hydroxylation is 2. The van der Waals surface area contributed by atoms with Gasteiger partial charge in [0.05, 0.1) is 23.1 Å². The molecule has 0 aliphatic carbocycles. The van der Waals surface area contributed by atoms with Gasteiger partial charge in [-0.3, -0.25) is 9.97 Å². The van der Waals surface area contributed by atoms with E-state index in [0.717, 1.165) is 41.8 Å². The predicted molar refractivity (Wildman–Crippen MR) is 121 cm³/mol. The molecule has 0 saturated carbocycles. The molecular weight excluding hydrogens is 391 g/mol. The Balaban J connectivity index is 1.58. The molecule has 0 fully saturated rings. The molecule has 0 radical (unpaired) electrons. The summed E-state index contributed by atoms with van der Waals surface area (Å²) in [5.41, 5.74) is 3.80. The summed E-state index contributed by atoms with van der Waals surface area (Å²) < 4.78 is 19.3. The Hall–Kier alpha value is -3.08. The summed E-state index contributed by atoms with van der Waals surface area (Å²) in [6, 6.07) is 11.5. The molecule has 1 heterocycles. The van der Waals surface area contributed by atoms with E-state index < -0.39 is 11.8 Å². The second kappa shape index (κ2) is 11.3. The number of nitrogens with zero attached hydrogens (tertiary/aromatic N) is 2. The Labute approximate surface area is 183 Å². The number of rotatable bonds is 10. The normalized spacial score (nSPS) is 10.8. The molecule has 162 valence electrons. The number of carbonyl (C=O) groups excluding carboxylic acids is 1. The summed E-state index contributed by atoms with van der Waals surface area (Å²) in [4.78, 5) is 21.4. The van der Waals surface area contributed by atoms with Crippen LogP contribution in [0.15, 0.2) is 54.9 Å². The smallest absolute Gasteiger partial charge is 0.343 e. The van der Waals surface area contributed by atoms with Crippen molar-refractivity contribution in [1.29, 1.82) is 0 Å². The highest BCUT2D eigenvalue weighted by Crippen LogP contribution is 2.22. The average molecular weight is 421 g/mol. The highest BCUT2D eigenvalue weighted by atomic mass is 19.1. The van der Waals surface area contributed by atoms with Crippen molar-refractivity contribution in [3.63, 3.8) is 0 Å². The fourth-order valence-corrected chi connectivity index (χ4v) is 3.33. The fourth-order valence-electron chi connectivity index (χ4n) is 3.33.